The minimum atomic E-state index is -0.968. The molecule has 9 nitrogen and oxygen atoms in total. The van der Waals surface area contributed by atoms with Crippen molar-refractivity contribution in [2.45, 2.75) is 43.9 Å². The Hall–Kier alpha value is -7.38. The van der Waals surface area contributed by atoms with Crippen LogP contribution in [0.25, 0.3) is 22.3 Å². The van der Waals surface area contributed by atoms with Gasteiger partial charge in [0, 0.05) is 58.2 Å². The summed E-state index contributed by atoms with van der Waals surface area (Å²) in [5.41, 5.74) is 10.3. The zero-order chi connectivity index (χ0) is 45.7. The number of nitrogens with zero attached hydrogens (tertiary/aromatic N) is 4. The number of carboxylic acid groups (broad SMARTS) is 1. The van der Waals surface area contributed by atoms with E-state index in [2.05, 4.69) is 91.5 Å². The lowest BCUT2D eigenvalue weighted by molar-refractivity contribution is -0.436. The number of benzene rings is 6. The molecule has 2 heterocycles. The highest BCUT2D eigenvalue weighted by Gasteiger charge is 2.51. The van der Waals surface area contributed by atoms with Crippen LogP contribution in [-0.4, -0.2) is 51.1 Å². The van der Waals surface area contributed by atoms with Gasteiger partial charge in [-0.1, -0.05) is 129 Å². The summed E-state index contributed by atoms with van der Waals surface area (Å²) in [4.78, 5) is 26.0. The molecule has 1 unspecified atom stereocenters. The third-order valence-corrected chi connectivity index (χ3v) is 12.8. The van der Waals surface area contributed by atoms with E-state index < -0.39 is 21.7 Å². The number of nitriles is 1. The molecule has 2 aliphatic heterocycles. The van der Waals surface area contributed by atoms with Gasteiger partial charge in [-0.25, -0.2) is 0 Å². The highest BCUT2D eigenvalue weighted by Crippen LogP contribution is 2.50. The Kier molecular flexibility index (Phi) is 12.8. The normalized spacial score (nSPS) is 17.1. The number of aliphatic hydroxyl groups is 1. The average Bonchev–Trinajstić information content (AvgIpc) is 3.68. The van der Waals surface area contributed by atoms with Gasteiger partial charge in [0.2, 0.25) is 5.69 Å². The van der Waals surface area contributed by atoms with Crippen molar-refractivity contribution >= 4 is 40.3 Å². The number of anilines is 1. The van der Waals surface area contributed by atoms with Crippen LogP contribution in [0, 0.1) is 21.4 Å². The number of allylic oxidation sites excluding steroid dienone is 6. The molecule has 1 atom stereocenters. The molecule has 0 radical (unpaired) electrons. The number of carboxylic acids is 1. The summed E-state index contributed by atoms with van der Waals surface area (Å²) in [5, 5.41) is 43.5. The Morgan fingerprint density at radius 1 is 0.815 bits per heavy atom. The Morgan fingerprint density at radius 2 is 1.48 bits per heavy atom. The molecule has 0 aliphatic carbocycles. The van der Waals surface area contributed by atoms with Crippen molar-refractivity contribution in [3.63, 3.8) is 0 Å². The largest absolute Gasteiger partial charge is 0.481 e. The van der Waals surface area contributed by atoms with Gasteiger partial charge in [-0.3, -0.25) is 14.9 Å². The van der Waals surface area contributed by atoms with Crippen LogP contribution in [0.15, 0.2) is 181 Å². The third kappa shape index (κ3) is 9.05. The fourth-order valence-corrected chi connectivity index (χ4v) is 9.67. The molecule has 6 aromatic rings. The molecule has 0 amide bonds. The number of nitro groups is 1. The summed E-state index contributed by atoms with van der Waals surface area (Å²) in [7, 11) is 0. The fourth-order valence-electron chi connectivity index (χ4n) is 9.50. The third-order valence-electron chi connectivity index (χ3n) is 12.6. The second-order valence-electron chi connectivity index (χ2n) is 17.0. The van der Waals surface area contributed by atoms with E-state index in [1.165, 1.54) is 6.07 Å². The summed E-state index contributed by atoms with van der Waals surface area (Å²) >= 11 is 6.81. The summed E-state index contributed by atoms with van der Waals surface area (Å²) < 4.78 is 1.99. The van der Waals surface area contributed by atoms with Gasteiger partial charge in [-0.05, 0) is 94.3 Å². The fraction of sp³-hybridized carbons (Fsp3) is 0.182. The van der Waals surface area contributed by atoms with Crippen LogP contribution < -0.4 is 4.90 Å². The van der Waals surface area contributed by atoms with Crippen molar-refractivity contribution < 1.29 is 24.5 Å². The maximum absolute atomic E-state index is 12.2. The first-order chi connectivity index (χ1) is 31.4. The Morgan fingerprint density at radius 3 is 2.14 bits per heavy atom. The van der Waals surface area contributed by atoms with Crippen molar-refractivity contribution in [2.75, 3.05) is 24.6 Å². The number of halogens is 1. The smallest absolute Gasteiger partial charge is 0.309 e. The highest BCUT2D eigenvalue weighted by atomic mass is 35.5. The summed E-state index contributed by atoms with van der Waals surface area (Å²) in [6.45, 7) is 4.70. The van der Waals surface area contributed by atoms with Crippen molar-refractivity contribution in [1.29, 1.82) is 5.26 Å². The number of hydrogen-bond acceptors (Lipinski definition) is 6. The number of fused-ring (bicyclic) bond motifs is 2. The van der Waals surface area contributed by atoms with Gasteiger partial charge in [-0.15, -0.1) is 0 Å². The Balaban J connectivity index is 1.26. The number of aliphatic hydroxyl groups excluding tert-OH is 1. The lowest BCUT2D eigenvalue weighted by Gasteiger charge is -2.28. The molecule has 10 heteroatoms. The number of non-ortho nitro benzene ring substituents is 1. The van der Waals surface area contributed by atoms with E-state index in [9.17, 15) is 30.4 Å². The molecular weight excluding hydrogens is 832 g/mol. The van der Waals surface area contributed by atoms with Crippen molar-refractivity contribution in [1.82, 2.24) is 0 Å². The molecule has 2 N–H and O–H groups in total. The lowest BCUT2D eigenvalue weighted by atomic mass is 9.69. The van der Waals surface area contributed by atoms with E-state index in [1.54, 1.807) is 30.4 Å². The van der Waals surface area contributed by atoms with Crippen LogP contribution in [0.1, 0.15) is 42.5 Å². The monoisotopic (exact) mass is 879 g/mol. The van der Waals surface area contributed by atoms with E-state index in [-0.39, 0.29) is 25.3 Å². The number of rotatable bonds is 15. The topological polar surface area (TPSA) is 131 Å². The van der Waals surface area contributed by atoms with Gasteiger partial charge in [-0.2, -0.15) is 9.84 Å². The summed E-state index contributed by atoms with van der Waals surface area (Å²) in [5.74, 6) is -0.968. The quantitative estimate of drug-likeness (QED) is 0.0345. The SMILES string of the molecule is CC1(C)\C(=C/C=C(C#N)/C=C/C2=[N+](CCC(=O)O)c3ccc(Cl)cc3C2(Cc2ccc(-c3ccccc3)cc2)Cc2cccc([N+](=O)[O-])c2)N(CCO)c2ccc(-c3ccccc3)cc21. The van der Waals surface area contributed by atoms with Crippen LogP contribution in [0.4, 0.5) is 17.1 Å². The Bertz CT molecular complexity index is 2950. The molecule has 0 spiro atoms. The van der Waals surface area contributed by atoms with Crippen LogP contribution in [-0.2, 0) is 28.5 Å². The first kappa shape index (κ1) is 44.2. The standard InChI is InChI=1S/C55H47ClN4O5/c1-54(2)47-33-44(42-13-7-4-8-14-42)22-24-49(47)59(30-31-61)51(54)26-18-39(37-57)19-27-52-55(36-40-10-9-15-46(32-40)60(64)65,35-38-16-20-43(21-17-38)41-11-5-3-6-12-41)48-34-45(56)23-25-50(48)58(52)29-28-53(62)63/h3-27,32-34,61H,28-31,35-36H2,1-2H3/p+1. The lowest BCUT2D eigenvalue weighted by Crippen LogP contribution is -2.39. The van der Waals surface area contributed by atoms with E-state index in [0.717, 1.165) is 61.7 Å². The molecule has 0 bridgehead atoms. The van der Waals surface area contributed by atoms with Gasteiger partial charge >= 0.3 is 5.97 Å². The maximum atomic E-state index is 12.2. The van der Waals surface area contributed by atoms with Crippen LogP contribution in [0.5, 0.6) is 0 Å². The highest BCUT2D eigenvalue weighted by molar-refractivity contribution is 6.30. The second kappa shape index (κ2) is 18.8. The number of β-amino-alcohol motifs (C(OH)–C–C–N with tert-alkyl or cyclic N) is 1. The van der Waals surface area contributed by atoms with Gasteiger partial charge in [0.15, 0.2) is 12.3 Å². The zero-order valence-electron chi connectivity index (χ0n) is 36.2. The molecule has 2 aliphatic rings. The van der Waals surface area contributed by atoms with Gasteiger partial charge in [0.05, 0.1) is 28.6 Å². The van der Waals surface area contributed by atoms with Crippen molar-refractivity contribution in [3.8, 4) is 28.3 Å². The number of aliphatic carboxylic acids is 1. The predicted octanol–water partition coefficient (Wildman–Crippen LogP) is 11.6. The number of nitro benzene ring substituents is 1. The van der Waals surface area contributed by atoms with E-state index in [4.69, 9.17) is 11.6 Å². The van der Waals surface area contributed by atoms with E-state index in [0.29, 0.717) is 35.5 Å². The zero-order valence-corrected chi connectivity index (χ0v) is 37.0. The molecule has 65 heavy (non-hydrogen) atoms. The van der Waals surface area contributed by atoms with Crippen molar-refractivity contribution in [2.24, 2.45) is 0 Å². The minimum absolute atomic E-state index is 0.0414. The second-order valence-corrected chi connectivity index (χ2v) is 17.4. The minimum Gasteiger partial charge on any atom is -0.481 e. The maximum Gasteiger partial charge on any atom is 0.309 e. The first-order valence-corrected chi connectivity index (χ1v) is 21.9. The number of carbonyl (C=O) groups is 1. The first-order valence-electron chi connectivity index (χ1n) is 21.6. The predicted molar refractivity (Wildman–Crippen MR) is 258 cm³/mol. The van der Waals surface area contributed by atoms with E-state index in [1.807, 2.05) is 71.3 Å². The number of hydrogen-bond donors (Lipinski definition) is 2. The molecular formula is C55H48ClN4O5+. The molecule has 0 saturated carbocycles. The average molecular weight is 880 g/mol. The van der Waals surface area contributed by atoms with Crippen LogP contribution >= 0.6 is 11.6 Å². The van der Waals surface area contributed by atoms with Gasteiger partial charge in [0.25, 0.3) is 5.69 Å². The molecule has 6 aromatic carbocycles. The molecule has 324 valence electrons. The van der Waals surface area contributed by atoms with Crippen LogP contribution in [0.3, 0.4) is 0 Å². The van der Waals surface area contributed by atoms with Gasteiger partial charge in [0.1, 0.15) is 6.42 Å². The molecule has 0 aromatic heterocycles. The molecule has 8 rings (SSSR count). The van der Waals surface area contributed by atoms with Crippen LogP contribution in [0.2, 0.25) is 5.02 Å². The summed E-state index contributed by atoms with van der Waals surface area (Å²) in [6.07, 6.45) is 7.93. The van der Waals surface area contributed by atoms with Crippen molar-refractivity contribution in [3.05, 3.63) is 219 Å². The Labute approximate surface area is 384 Å². The summed E-state index contributed by atoms with van der Waals surface area (Å²) in [6, 6.07) is 49.5. The van der Waals surface area contributed by atoms with E-state index >= 15 is 0 Å². The molecule has 0 saturated heterocycles. The van der Waals surface area contributed by atoms with Gasteiger partial charge < -0.3 is 15.1 Å². The molecule has 0 fully saturated rings.